The second-order valence-electron chi connectivity index (χ2n) is 3.61. The van der Waals surface area contributed by atoms with Crippen LogP contribution in [-0.2, 0) is 9.53 Å². The summed E-state index contributed by atoms with van der Waals surface area (Å²) in [7, 11) is 0. The minimum atomic E-state index is -0.304. The molecule has 1 aliphatic heterocycles. The number of carbonyl (C=O) groups excluding carboxylic acids is 1. The Balaban J connectivity index is 2.08. The van der Waals surface area contributed by atoms with Crippen molar-refractivity contribution in [3.05, 3.63) is 29.8 Å². The van der Waals surface area contributed by atoms with Crippen molar-refractivity contribution in [1.29, 1.82) is 10.5 Å². The Hall–Kier alpha value is -3.39. The van der Waals surface area contributed by atoms with Crippen LogP contribution in [0.25, 0.3) is 0 Å². The molecular weight excluding hydrogens is 260 g/mol. The molecule has 0 saturated heterocycles. The zero-order valence-electron chi connectivity index (χ0n) is 10.1. The molecule has 0 spiro atoms. The molecule has 0 aromatic heterocycles. The highest BCUT2D eigenvalue weighted by Gasteiger charge is 2.13. The van der Waals surface area contributed by atoms with Crippen LogP contribution < -0.4 is 10.9 Å². The lowest BCUT2D eigenvalue weighted by atomic mass is 10.2. The first-order chi connectivity index (χ1) is 9.72. The molecular formula is C12H8N6O2. The molecule has 8 nitrogen and oxygen atoms in total. The van der Waals surface area contributed by atoms with E-state index in [0.29, 0.717) is 17.1 Å². The van der Waals surface area contributed by atoms with Gasteiger partial charge in [0, 0.05) is 5.56 Å². The van der Waals surface area contributed by atoms with Crippen LogP contribution in [0.1, 0.15) is 5.56 Å². The molecule has 0 fully saturated rings. The molecule has 0 radical (unpaired) electrons. The van der Waals surface area contributed by atoms with Gasteiger partial charge in [0.15, 0.2) is 6.61 Å². The number of hydrogen-bond donors (Lipinski definition) is 2. The highest BCUT2D eigenvalue weighted by molar-refractivity contribution is 6.10. The lowest BCUT2D eigenvalue weighted by Gasteiger charge is -2.13. The SMILES string of the molecule is N#CC(C#N)=NNc1ccc(C2=NNC(=O)CO2)cc1. The standard InChI is InChI=1S/C12H8N6O2/c13-5-10(6-14)16-15-9-3-1-8(2-4-9)12-18-17-11(19)7-20-12/h1-4,15H,7H2,(H,17,19). The van der Waals surface area contributed by atoms with Gasteiger partial charge in [0.2, 0.25) is 11.6 Å². The van der Waals surface area contributed by atoms with Gasteiger partial charge in [0.05, 0.1) is 5.69 Å². The van der Waals surface area contributed by atoms with Crippen LogP contribution in [0.4, 0.5) is 5.69 Å². The van der Waals surface area contributed by atoms with Gasteiger partial charge in [0.25, 0.3) is 5.91 Å². The average Bonchev–Trinajstić information content (AvgIpc) is 2.50. The number of rotatable bonds is 3. The molecule has 2 N–H and O–H groups in total. The van der Waals surface area contributed by atoms with Gasteiger partial charge in [-0.25, -0.2) is 5.43 Å². The van der Waals surface area contributed by atoms with Gasteiger partial charge >= 0.3 is 0 Å². The minimum Gasteiger partial charge on any atom is -0.466 e. The van der Waals surface area contributed by atoms with E-state index in [1.807, 2.05) is 0 Å². The predicted octanol–water partition coefficient (Wildman–Crippen LogP) is 0.310. The Labute approximate surface area is 114 Å². The van der Waals surface area contributed by atoms with Gasteiger partial charge in [-0.05, 0) is 24.3 Å². The van der Waals surface area contributed by atoms with Gasteiger partial charge < -0.3 is 4.74 Å². The van der Waals surface area contributed by atoms with Crippen LogP contribution in [0.15, 0.2) is 34.5 Å². The van der Waals surface area contributed by atoms with E-state index in [2.05, 4.69) is 21.1 Å². The van der Waals surface area contributed by atoms with Crippen molar-refractivity contribution in [2.45, 2.75) is 0 Å². The highest BCUT2D eigenvalue weighted by atomic mass is 16.5. The van der Waals surface area contributed by atoms with Crippen LogP contribution in [0, 0.1) is 22.7 Å². The molecule has 0 aliphatic carbocycles. The fourth-order valence-corrected chi connectivity index (χ4v) is 1.34. The Bertz CT molecular complexity index is 647. The number of anilines is 1. The van der Waals surface area contributed by atoms with Crippen LogP contribution >= 0.6 is 0 Å². The van der Waals surface area contributed by atoms with E-state index in [1.54, 1.807) is 36.4 Å². The number of carbonyl (C=O) groups is 1. The monoisotopic (exact) mass is 268 g/mol. The van der Waals surface area contributed by atoms with Crippen LogP contribution in [0.5, 0.6) is 0 Å². The molecule has 20 heavy (non-hydrogen) atoms. The maximum Gasteiger partial charge on any atom is 0.278 e. The fourth-order valence-electron chi connectivity index (χ4n) is 1.34. The van der Waals surface area contributed by atoms with Gasteiger partial charge in [-0.1, -0.05) is 0 Å². The summed E-state index contributed by atoms with van der Waals surface area (Å²) >= 11 is 0. The van der Waals surface area contributed by atoms with Gasteiger partial charge in [-0.2, -0.15) is 15.6 Å². The molecule has 1 aromatic rings. The third-order valence-corrected chi connectivity index (χ3v) is 2.26. The summed E-state index contributed by atoms with van der Waals surface area (Å²) in [5.41, 5.74) is 5.90. The largest absolute Gasteiger partial charge is 0.466 e. The second kappa shape index (κ2) is 5.98. The molecule has 0 bridgehead atoms. The maximum absolute atomic E-state index is 10.9. The Morgan fingerprint density at radius 1 is 1.35 bits per heavy atom. The van der Waals surface area contributed by atoms with Crippen molar-refractivity contribution >= 4 is 23.2 Å². The summed E-state index contributed by atoms with van der Waals surface area (Å²) in [6, 6.07) is 10.0. The van der Waals surface area contributed by atoms with Gasteiger partial charge in [-0.15, -0.1) is 5.10 Å². The molecule has 8 heteroatoms. The molecule has 1 aromatic carbocycles. The average molecular weight is 268 g/mol. The number of ether oxygens (including phenoxy) is 1. The topological polar surface area (TPSA) is 123 Å². The van der Waals surface area contributed by atoms with E-state index >= 15 is 0 Å². The van der Waals surface area contributed by atoms with E-state index in [4.69, 9.17) is 15.3 Å². The van der Waals surface area contributed by atoms with Crippen molar-refractivity contribution in [1.82, 2.24) is 5.43 Å². The molecule has 0 saturated carbocycles. The number of hydrogen-bond acceptors (Lipinski definition) is 7. The number of amides is 1. The lowest BCUT2D eigenvalue weighted by Crippen LogP contribution is -2.32. The summed E-state index contributed by atoms with van der Waals surface area (Å²) in [5.74, 6) is 0.0105. The number of nitriles is 2. The van der Waals surface area contributed by atoms with Gasteiger partial charge in [0.1, 0.15) is 12.1 Å². The molecule has 1 aliphatic rings. The zero-order chi connectivity index (χ0) is 14.4. The Morgan fingerprint density at radius 3 is 2.60 bits per heavy atom. The second-order valence-corrected chi connectivity index (χ2v) is 3.61. The highest BCUT2D eigenvalue weighted by Crippen LogP contribution is 2.11. The quantitative estimate of drug-likeness (QED) is 0.603. The number of benzene rings is 1. The molecule has 0 unspecified atom stereocenters. The molecule has 2 rings (SSSR count). The number of nitrogens with zero attached hydrogens (tertiary/aromatic N) is 4. The summed E-state index contributed by atoms with van der Waals surface area (Å²) in [5, 5.41) is 24.4. The first-order valence-corrected chi connectivity index (χ1v) is 5.46. The van der Waals surface area contributed by atoms with E-state index in [1.165, 1.54) is 0 Å². The third-order valence-electron chi connectivity index (χ3n) is 2.26. The van der Waals surface area contributed by atoms with Crippen molar-refractivity contribution < 1.29 is 9.53 Å². The molecule has 98 valence electrons. The molecule has 1 heterocycles. The van der Waals surface area contributed by atoms with Crippen molar-refractivity contribution in [3.63, 3.8) is 0 Å². The minimum absolute atomic E-state index is 0.0726. The smallest absolute Gasteiger partial charge is 0.278 e. The summed E-state index contributed by atoms with van der Waals surface area (Å²) in [6.45, 7) is -0.0726. The van der Waals surface area contributed by atoms with E-state index in [-0.39, 0.29) is 18.2 Å². The third kappa shape index (κ3) is 3.09. The zero-order valence-corrected chi connectivity index (χ0v) is 10.1. The molecule has 0 atom stereocenters. The summed E-state index contributed by atoms with van der Waals surface area (Å²) in [4.78, 5) is 10.9. The first kappa shape index (κ1) is 13.1. The maximum atomic E-state index is 10.9. The van der Waals surface area contributed by atoms with Crippen LogP contribution in [0.2, 0.25) is 0 Å². The number of hydrazone groups is 2. The Morgan fingerprint density at radius 2 is 2.05 bits per heavy atom. The normalized spacial score (nSPS) is 12.9. The predicted molar refractivity (Wildman–Crippen MR) is 69.4 cm³/mol. The van der Waals surface area contributed by atoms with Crippen molar-refractivity contribution in [2.75, 3.05) is 12.0 Å². The molecule has 1 amide bonds. The summed E-state index contributed by atoms with van der Waals surface area (Å²) in [6.07, 6.45) is 0. The Kier molecular flexibility index (Phi) is 3.90. The van der Waals surface area contributed by atoms with E-state index < -0.39 is 0 Å². The number of nitrogens with one attached hydrogen (secondary N) is 2. The lowest BCUT2D eigenvalue weighted by molar-refractivity contribution is -0.124. The van der Waals surface area contributed by atoms with Crippen LogP contribution in [-0.4, -0.2) is 24.1 Å². The fraction of sp³-hybridized carbons (Fsp3) is 0.0833. The van der Waals surface area contributed by atoms with Crippen molar-refractivity contribution in [3.8, 4) is 12.1 Å². The van der Waals surface area contributed by atoms with Crippen LogP contribution in [0.3, 0.4) is 0 Å². The van der Waals surface area contributed by atoms with E-state index in [0.717, 1.165) is 0 Å². The van der Waals surface area contributed by atoms with E-state index in [9.17, 15) is 4.79 Å². The summed E-state index contributed by atoms with van der Waals surface area (Å²) < 4.78 is 5.15. The van der Waals surface area contributed by atoms with Gasteiger partial charge in [-0.3, -0.25) is 10.2 Å². The van der Waals surface area contributed by atoms with Crippen molar-refractivity contribution in [2.24, 2.45) is 10.2 Å². The first-order valence-electron chi connectivity index (χ1n) is 5.46.